The Labute approximate surface area is 156 Å². The molecule has 0 heterocycles. The topological polar surface area (TPSA) is 148 Å². The lowest BCUT2D eigenvalue weighted by atomic mass is 10.2. The number of carbonyl (C=O) groups excluding carboxylic acids is 2. The molecule has 0 unspecified atom stereocenters. The van der Waals surface area contributed by atoms with E-state index in [1.54, 1.807) is 37.3 Å². The van der Waals surface area contributed by atoms with E-state index in [9.17, 15) is 14.4 Å². The number of primary amides is 1. The second kappa shape index (κ2) is 11.0. The third-order valence-electron chi connectivity index (χ3n) is 3.18. The predicted octanol–water partition coefficient (Wildman–Crippen LogP) is 2.58. The maximum absolute atomic E-state index is 11.8. The first-order valence-corrected chi connectivity index (χ1v) is 8.12. The van der Waals surface area contributed by atoms with E-state index in [2.05, 4.69) is 10.3 Å². The number of hydrogen-bond donors (Lipinski definition) is 4. The molecule has 0 saturated carbocycles. The summed E-state index contributed by atoms with van der Waals surface area (Å²) in [6, 6.07) is 13.6. The SMILES string of the molecule is CCC(=O)O.NC(=O)c1cccc(NC(=O)CC=Nc2ccccc2N)c1. The number of nitrogens with two attached hydrogens (primary N) is 2. The van der Waals surface area contributed by atoms with Crippen LogP contribution in [0.1, 0.15) is 30.1 Å². The first-order valence-electron chi connectivity index (χ1n) is 8.12. The summed E-state index contributed by atoms with van der Waals surface area (Å²) < 4.78 is 0. The van der Waals surface area contributed by atoms with Crippen molar-refractivity contribution in [3.8, 4) is 0 Å². The van der Waals surface area contributed by atoms with Crippen molar-refractivity contribution in [3.05, 3.63) is 54.1 Å². The Morgan fingerprint density at radius 1 is 1.15 bits per heavy atom. The second-order valence-corrected chi connectivity index (χ2v) is 5.32. The number of hydrogen-bond acceptors (Lipinski definition) is 5. The molecule has 27 heavy (non-hydrogen) atoms. The summed E-state index contributed by atoms with van der Waals surface area (Å²) in [7, 11) is 0. The number of nitrogen functional groups attached to an aromatic ring is 1. The van der Waals surface area contributed by atoms with Crippen LogP contribution in [0, 0.1) is 0 Å². The molecule has 6 N–H and O–H groups in total. The molecule has 0 saturated heterocycles. The molecule has 0 radical (unpaired) electrons. The Morgan fingerprint density at radius 3 is 2.41 bits per heavy atom. The maximum Gasteiger partial charge on any atom is 0.303 e. The summed E-state index contributed by atoms with van der Waals surface area (Å²) >= 11 is 0. The van der Waals surface area contributed by atoms with Gasteiger partial charge in [-0.25, -0.2) is 0 Å². The van der Waals surface area contributed by atoms with Crippen LogP contribution in [0.5, 0.6) is 0 Å². The largest absolute Gasteiger partial charge is 0.481 e. The summed E-state index contributed by atoms with van der Waals surface area (Å²) in [5, 5.41) is 10.4. The van der Waals surface area contributed by atoms with E-state index in [1.165, 1.54) is 12.3 Å². The van der Waals surface area contributed by atoms with Gasteiger partial charge in [-0.15, -0.1) is 0 Å². The fraction of sp³-hybridized carbons (Fsp3) is 0.158. The Bertz CT molecular complexity index is 834. The van der Waals surface area contributed by atoms with E-state index in [0.29, 0.717) is 22.6 Å². The van der Waals surface area contributed by atoms with Crippen molar-refractivity contribution in [1.82, 2.24) is 0 Å². The lowest BCUT2D eigenvalue weighted by Gasteiger charge is -2.04. The minimum atomic E-state index is -0.745. The molecule has 8 heteroatoms. The van der Waals surface area contributed by atoms with Gasteiger partial charge in [0.2, 0.25) is 11.8 Å². The van der Waals surface area contributed by atoms with Crippen molar-refractivity contribution < 1.29 is 19.5 Å². The van der Waals surface area contributed by atoms with Gasteiger partial charge in [-0.3, -0.25) is 19.4 Å². The van der Waals surface area contributed by atoms with Gasteiger partial charge < -0.3 is 21.9 Å². The first-order chi connectivity index (χ1) is 12.8. The average molecular weight is 370 g/mol. The minimum Gasteiger partial charge on any atom is -0.481 e. The van der Waals surface area contributed by atoms with Crippen LogP contribution in [0.3, 0.4) is 0 Å². The van der Waals surface area contributed by atoms with Crippen LogP contribution in [0.2, 0.25) is 0 Å². The zero-order valence-electron chi connectivity index (χ0n) is 14.9. The van der Waals surface area contributed by atoms with Crippen LogP contribution in [0.25, 0.3) is 0 Å². The van der Waals surface area contributed by atoms with Crippen molar-refractivity contribution in [1.29, 1.82) is 0 Å². The molecule has 2 rings (SSSR count). The highest BCUT2D eigenvalue weighted by molar-refractivity contribution is 6.01. The van der Waals surface area contributed by atoms with Crippen LogP contribution in [0.15, 0.2) is 53.5 Å². The van der Waals surface area contributed by atoms with E-state index in [4.69, 9.17) is 16.6 Å². The molecule has 0 bridgehead atoms. The Hall–Kier alpha value is -3.68. The van der Waals surface area contributed by atoms with E-state index in [-0.39, 0.29) is 18.7 Å². The number of anilines is 2. The van der Waals surface area contributed by atoms with Crippen molar-refractivity contribution in [3.63, 3.8) is 0 Å². The summed E-state index contributed by atoms with van der Waals surface area (Å²) in [5.41, 5.74) is 12.9. The number of benzene rings is 2. The molecule has 0 fully saturated rings. The summed E-state index contributed by atoms with van der Waals surface area (Å²) in [6.45, 7) is 1.60. The number of nitrogens with zero attached hydrogens (tertiary/aromatic N) is 1. The Morgan fingerprint density at radius 2 is 1.81 bits per heavy atom. The smallest absolute Gasteiger partial charge is 0.303 e. The standard InChI is InChI=1S/C16H16N4O2.C3H6O2/c17-13-6-1-2-7-14(13)19-9-8-15(21)20-12-5-3-4-11(10-12)16(18)22;1-2-3(4)5/h1-7,9-10H,8,17H2,(H2,18,22)(H,20,21);2H2,1H3,(H,4,5). The summed E-state index contributed by atoms with van der Waals surface area (Å²) in [6.07, 6.45) is 1.80. The third-order valence-corrected chi connectivity index (χ3v) is 3.18. The van der Waals surface area contributed by atoms with Gasteiger partial charge in [-0.05, 0) is 30.3 Å². The average Bonchev–Trinajstić information content (AvgIpc) is 2.64. The third kappa shape index (κ3) is 8.30. The molecule has 0 spiro atoms. The number of aliphatic carboxylic acids is 1. The number of para-hydroxylation sites is 2. The molecule has 8 nitrogen and oxygen atoms in total. The highest BCUT2D eigenvalue weighted by Crippen LogP contribution is 2.19. The quantitative estimate of drug-likeness (QED) is 0.455. The summed E-state index contributed by atoms with van der Waals surface area (Å²) in [4.78, 5) is 36.4. The van der Waals surface area contributed by atoms with Crippen LogP contribution in [0.4, 0.5) is 17.1 Å². The van der Waals surface area contributed by atoms with Gasteiger partial charge in [0.1, 0.15) is 0 Å². The summed E-state index contributed by atoms with van der Waals surface area (Å²) in [5.74, 6) is -1.54. The zero-order valence-corrected chi connectivity index (χ0v) is 14.9. The first kappa shape index (κ1) is 21.4. The number of carbonyl (C=O) groups is 3. The van der Waals surface area contributed by atoms with Crippen molar-refractivity contribution >= 4 is 41.1 Å². The molecule has 2 aromatic rings. The zero-order chi connectivity index (χ0) is 20.2. The number of carboxylic acid groups (broad SMARTS) is 1. The van der Waals surface area contributed by atoms with Gasteiger partial charge in [0, 0.05) is 23.9 Å². The fourth-order valence-corrected chi connectivity index (χ4v) is 1.79. The van der Waals surface area contributed by atoms with E-state index in [1.807, 2.05) is 12.1 Å². The normalized spacial score (nSPS) is 9.96. The van der Waals surface area contributed by atoms with Crippen molar-refractivity contribution in [2.75, 3.05) is 11.1 Å². The van der Waals surface area contributed by atoms with Gasteiger partial charge >= 0.3 is 5.97 Å². The molecule has 142 valence electrons. The Balaban J connectivity index is 0.000000646. The highest BCUT2D eigenvalue weighted by Gasteiger charge is 2.04. The van der Waals surface area contributed by atoms with Gasteiger partial charge in [0.05, 0.1) is 17.8 Å². The van der Waals surface area contributed by atoms with Gasteiger partial charge in [-0.1, -0.05) is 25.1 Å². The lowest BCUT2D eigenvalue weighted by Crippen LogP contribution is -2.14. The highest BCUT2D eigenvalue weighted by atomic mass is 16.4. The molecule has 0 aliphatic heterocycles. The predicted molar refractivity (Wildman–Crippen MR) is 105 cm³/mol. The van der Waals surface area contributed by atoms with Crippen LogP contribution >= 0.6 is 0 Å². The van der Waals surface area contributed by atoms with Gasteiger partial charge in [0.25, 0.3) is 0 Å². The monoisotopic (exact) mass is 370 g/mol. The molecule has 0 aliphatic carbocycles. The molecular weight excluding hydrogens is 348 g/mol. The number of nitrogens with one attached hydrogen (secondary N) is 1. The van der Waals surface area contributed by atoms with Crippen LogP contribution < -0.4 is 16.8 Å². The number of amides is 2. The lowest BCUT2D eigenvalue weighted by molar-refractivity contribution is -0.136. The van der Waals surface area contributed by atoms with E-state index < -0.39 is 11.9 Å². The molecule has 2 aromatic carbocycles. The minimum absolute atomic E-state index is 0.0924. The van der Waals surface area contributed by atoms with Gasteiger partial charge in [0.15, 0.2) is 0 Å². The molecule has 0 aromatic heterocycles. The second-order valence-electron chi connectivity index (χ2n) is 5.32. The molecule has 0 atom stereocenters. The van der Waals surface area contributed by atoms with Crippen LogP contribution in [-0.4, -0.2) is 29.1 Å². The van der Waals surface area contributed by atoms with Crippen LogP contribution in [-0.2, 0) is 9.59 Å². The molecular formula is C19H22N4O4. The van der Waals surface area contributed by atoms with Crippen molar-refractivity contribution in [2.24, 2.45) is 10.7 Å². The molecule has 2 amide bonds. The number of aliphatic imine (C=N–C) groups is 1. The fourth-order valence-electron chi connectivity index (χ4n) is 1.79. The maximum atomic E-state index is 11.8. The van der Waals surface area contributed by atoms with E-state index in [0.717, 1.165) is 0 Å². The molecule has 0 aliphatic rings. The van der Waals surface area contributed by atoms with Crippen molar-refractivity contribution in [2.45, 2.75) is 19.8 Å². The van der Waals surface area contributed by atoms with Gasteiger partial charge in [-0.2, -0.15) is 0 Å². The number of carboxylic acids is 1. The van der Waals surface area contributed by atoms with E-state index >= 15 is 0 Å². The Kier molecular flexibility index (Phi) is 8.73. The number of rotatable bonds is 6.